The van der Waals surface area contributed by atoms with Crippen molar-refractivity contribution in [3.63, 3.8) is 0 Å². The van der Waals surface area contributed by atoms with E-state index in [9.17, 15) is 0 Å². The summed E-state index contributed by atoms with van der Waals surface area (Å²) >= 11 is 12.7. The van der Waals surface area contributed by atoms with Gasteiger partial charge in [0.2, 0.25) is 0 Å². The molecule has 1 atom stereocenters. The highest BCUT2D eigenvalue weighted by Crippen LogP contribution is 2.27. The van der Waals surface area contributed by atoms with Crippen LogP contribution in [0.3, 0.4) is 0 Å². The Bertz CT molecular complexity index is 773. The summed E-state index contributed by atoms with van der Waals surface area (Å²) in [4.78, 5) is 7.47. The van der Waals surface area contributed by atoms with E-state index in [1.807, 2.05) is 30.3 Å². The van der Waals surface area contributed by atoms with E-state index >= 15 is 0 Å². The smallest absolute Gasteiger partial charge is 0.137 e. The summed E-state index contributed by atoms with van der Waals surface area (Å²) in [5, 5.41) is 18.8. The van der Waals surface area contributed by atoms with E-state index in [2.05, 4.69) is 21.6 Å². The molecule has 136 valence electrons. The second-order valence-electron chi connectivity index (χ2n) is 5.85. The lowest BCUT2D eigenvalue weighted by Crippen LogP contribution is -2.61. The number of hydrogen-bond donors (Lipinski definition) is 2. The second-order valence-corrected chi connectivity index (χ2v) is 6.67. The van der Waals surface area contributed by atoms with Gasteiger partial charge in [0.25, 0.3) is 0 Å². The third-order valence-corrected chi connectivity index (χ3v) is 4.87. The minimum Gasteiger partial charge on any atom is -0.357 e. The van der Waals surface area contributed by atoms with Crippen LogP contribution in [-0.4, -0.2) is 36.7 Å². The summed E-state index contributed by atoms with van der Waals surface area (Å²) in [6.07, 6.45) is -0.151. The maximum absolute atomic E-state index is 8.93. The van der Waals surface area contributed by atoms with Gasteiger partial charge in [-0.15, -0.1) is 0 Å². The first-order valence-corrected chi connectivity index (χ1v) is 8.82. The molecule has 1 fully saturated rings. The van der Waals surface area contributed by atoms with Crippen molar-refractivity contribution in [2.75, 3.05) is 25.8 Å². The zero-order valence-electron chi connectivity index (χ0n) is 14.2. The van der Waals surface area contributed by atoms with Crippen molar-refractivity contribution in [2.45, 2.75) is 12.8 Å². The van der Waals surface area contributed by atoms with Gasteiger partial charge < -0.3 is 5.32 Å². The minimum atomic E-state index is -0.151. The van der Waals surface area contributed by atoms with Crippen LogP contribution in [-0.2, 0) is 11.4 Å². The molecule has 1 unspecified atom stereocenters. The number of rotatable bonds is 5. The predicted molar refractivity (Wildman–Crippen MR) is 102 cm³/mol. The fourth-order valence-electron chi connectivity index (χ4n) is 2.74. The molecule has 1 heterocycles. The van der Waals surface area contributed by atoms with Gasteiger partial charge in [0.05, 0.1) is 32.1 Å². The monoisotopic (exact) mass is 391 g/mol. The quantitative estimate of drug-likeness (QED) is 0.813. The summed E-state index contributed by atoms with van der Waals surface area (Å²) in [5.41, 5.74) is 2.39. The van der Waals surface area contributed by atoms with E-state index < -0.39 is 0 Å². The van der Waals surface area contributed by atoms with Gasteiger partial charge in [-0.3, -0.25) is 15.1 Å². The van der Waals surface area contributed by atoms with E-state index in [-0.39, 0.29) is 6.29 Å². The highest BCUT2D eigenvalue weighted by molar-refractivity contribution is 6.35. The Hall–Kier alpha value is -1.85. The minimum absolute atomic E-state index is 0.151. The Labute approximate surface area is 162 Å². The Balaban J connectivity index is 1.78. The number of hydrogen-bond acceptors (Lipinski definition) is 6. The van der Waals surface area contributed by atoms with Gasteiger partial charge in [0, 0.05) is 27.8 Å². The van der Waals surface area contributed by atoms with Gasteiger partial charge in [0.15, 0.2) is 0 Å². The van der Waals surface area contributed by atoms with Crippen molar-refractivity contribution in [1.29, 1.82) is 5.26 Å². The van der Waals surface area contributed by atoms with Gasteiger partial charge in [-0.1, -0.05) is 29.3 Å². The fraction of sp³-hybridized carbons (Fsp3) is 0.278. The van der Waals surface area contributed by atoms with Crippen LogP contribution in [0.25, 0.3) is 0 Å². The average Bonchev–Trinajstić information content (AvgIpc) is 2.66. The van der Waals surface area contributed by atoms with Crippen LogP contribution in [0.2, 0.25) is 10.0 Å². The third kappa shape index (κ3) is 4.46. The van der Waals surface area contributed by atoms with E-state index in [0.29, 0.717) is 35.5 Å². The maximum atomic E-state index is 8.93. The van der Waals surface area contributed by atoms with Gasteiger partial charge >= 0.3 is 0 Å². The first-order valence-electron chi connectivity index (χ1n) is 8.07. The molecule has 0 saturated carbocycles. The molecule has 26 heavy (non-hydrogen) atoms. The van der Waals surface area contributed by atoms with Gasteiger partial charge in [-0.25, -0.2) is 0 Å². The number of nitrogens with zero attached hydrogens (tertiary/aromatic N) is 3. The average molecular weight is 392 g/mol. The first kappa shape index (κ1) is 18.9. The van der Waals surface area contributed by atoms with Gasteiger partial charge in [-0.05, 0) is 36.4 Å². The molecule has 2 N–H and O–H groups in total. The first-order chi connectivity index (χ1) is 12.6. The molecule has 6 nitrogen and oxygen atoms in total. The van der Waals surface area contributed by atoms with Crippen molar-refractivity contribution in [3.8, 4) is 6.07 Å². The maximum Gasteiger partial charge on any atom is 0.137 e. The molecule has 0 amide bonds. The highest BCUT2D eigenvalue weighted by atomic mass is 35.5. The molecule has 0 aromatic heterocycles. The van der Waals surface area contributed by atoms with Crippen molar-refractivity contribution in [1.82, 2.24) is 15.3 Å². The summed E-state index contributed by atoms with van der Waals surface area (Å²) in [6, 6.07) is 14.9. The molecule has 0 aliphatic carbocycles. The van der Waals surface area contributed by atoms with E-state index in [4.69, 9.17) is 33.3 Å². The van der Waals surface area contributed by atoms with E-state index in [0.717, 1.165) is 11.3 Å². The number of hydroxylamine groups is 2. The van der Waals surface area contributed by atoms with Crippen LogP contribution in [0.1, 0.15) is 11.1 Å². The number of anilines is 1. The summed E-state index contributed by atoms with van der Waals surface area (Å²) in [5.74, 6) is 0. The lowest BCUT2D eigenvalue weighted by atomic mass is 10.2. The molecular weight excluding hydrogens is 373 g/mol. The standard InChI is InChI=1S/C18H19Cl2N5O/c1-26-25-11-22-18(23-14-7-5-13(9-21)6-8-14)24(12-25)10-15-16(19)3-2-4-17(15)20/h2-8,18,22-23H,10-12H2,1H3. The summed E-state index contributed by atoms with van der Waals surface area (Å²) in [7, 11) is 1.64. The zero-order valence-corrected chi connectivity index (χ0v) is 15.8. The van der Waals surface area contributed by atoms with Crippen LogP contribution >= 0.6 is 23.2 Å². The summed E-state index contributed by atoms with van der Waals surface area (Å²) < 4.78 is 0. The van der Waals surface area contributed by atoms with Gasteiger partial charge in [0.1, 0.15) is 6.29 Å². The zero-order chi connectivity index (χ0) is 18.5. The van der Waals surface area contributed by atoms with Crippen LogP contribution in [0.5, 0.6) is 0 Å². The molecule has 1 aliphatic rings. The molecule has 1 saturated heterocycles. The molecule has 0 radical (unpaired) electrons. The molecule has 0 bridgehead atoms. The van der Waals surface area contributed by atoms with Crippen molar-refractivity contribution < 1.29 is 4.84 Å². The number of nitriles is 1. The van der Waals surface area contributed by atoms with Crippen molar-refractivity contribution in [2.24, 2.45) is 0 Å². The summed E-state index contributed by atoms with van der Waals surface area (Å²) in [6.45, 7) is 1.68. The molecule has 2 aromatic carbocycles. The second kappa shape index (κ2) is 8.69. The topological polar surface area (TPSA) is 63.6 Å². The van der Waals surface area contributed by atoms with E-state index in [1.54, 1.807) is 24.3 Å². The fourth-order valence-corrected chi connectivity index (χ4v) is 3.26. The number of benzene rings is 2. The number of nitrogens with one attached hydrogen (secondary N) is 2. The van der Waals surface area contributed by atoms with Gasteiger partial charge in [-0.2, -0.15) is 10.3 Å². The molecule has 1 aliphatic heterocycles. The molecule has 8 heteroatoms. The highest BCUT2D eigenvalue weighted by Gasteiger charge is 2.27. The largest absolute Gasteiger partial charge is 0.357 e. The van der Waals surface area contributed by atoms with Crippen LogP contribution in [0, 0.1) is 11.3 Å². The van der Waals surface area contributed by atoms with Crippen LogP contribution in [0.15, 0.2) is 42.5 Å². The predicted octanol–water partition coefficient (Wildman–Crippen LogP) is 3.44. The van der Waals surface area contributed by atoms with Crippen LogP contribution < -0.4 is 10.6 Å². The van der Waals surface area contributed by atoms with Crippen molar-refractivity contribution in [3.05, 3.63) is 63.6 Å². The molecule has 3 rings (SSSR count). The molecule has 2 aromatic rings. The Morgan fingerprint density at radius 1 is 1.23 bits per heavy atom. The lowest BCUT2D eigenvalue weighted by molar-refractivity contribution is -0.193. The normalized spacial score (nSPS) is 18.5. The van der Waals surface area contributed by atoms with E-state index in [1.165, 1.54) is 0 Å². The van der Waals surface area contributed by atoms with Crippen LogP contribution in [0.4, 0.5) is 5.69 Å². The number of halogens is 2. The Morgan fingerprint density at radius 3 is 2.54 bits per heavy atom. The molecular formula is C18H19Cl2N5O. The lowest BCUT2D eigenvalue weighted by Gasteiger charge is -2.41. The Morgan fingerprint density at radius 2 is 1.92 bits per heavy atom. The SMILES string of the molecule is CON1CNC(Nc2ccc(C#N)cc2)N(Cc2c(Cl)cccc2Cl)C1. The molecule has 0 spiro atoms. The third-order valence-electron chi connectivity index (χ3n) is 4.16. The Kier molecular flexibility index (Phi) is 6.33. The van der Waals surface area contributed by atoms with Crippen molar-refractivity contribution >= 4 is 28.9 Å².